The molecule has 114 valence electrons. The number of halogens is 2. The summed E-state index contributed by atoms with van der Waals surface area (Å²) in [5.41, 5.74) is 3.87. The molecule has 0 radical (unpaired) electrons. The van der Waals surface area contributed by atoms with E-state index in [0.29, 0.717) is 4.47 Å². The molecule has 3 N–H and O–H groups in total. The van der Waals surface area contributed by atoms with Gasteiger partial charge in [0.05, 0.1) is 10.5 Å². The molecule has 4 aliphatic rings. The molecule has 4 fully saturated rings. The van der Waals surface area contributed by atoms with Crippen LogP contribution in [0.5, 0.6) is 0 Å². The highest BCUT2D eigenvalue weighted by Gasteiger charge is 2.54. The Morgan fingerprint density at radius 3 is 2.24 bits per heavy atom. The van der Waals surface area contributed by atoms with E-state index in [0.717, 1.165) is 23.3 Å². The summed E-state index contributed by atoms with van der Waals surface area (Å²) in [7, 11) is 0. The molecular formula is C17H22BrFN2. The summed E-state index contributed by atoms with van der Waals surface area (Å²) < 4.78 is 15.1. The lowest BCUT2D eigenvalue weighted by Gasteiger charge is -2.59. The fourth-order valence-corrected chi connectivity index (χ4v) is 6.25. The molecule has 5 rings (SSSR count). The quantitative estimate of drug-likeness (QED) is 0.628. The SMILES string of the molecule is NNC(c1cccc(Br)c1F)C12CC3CC(CC(C3)C1)C2. The number of nitrogens with one attached hydrogen (secondary N) is 1. The number of nitrogens with two attached hydrogens (primary N) is 1. The van der Waals surface area contributed by atoms with Gasteiger partial charge in [0.2, 0.25) is 0 Å². The molecular weight excluding hydrogens is 331 g/mol. The molecule has 21 heavy (non-hydrogen) atoms. The predicted octanol–water partition coefficient (Wildman–Crippen LogP) is 4.31. The van der Waals surface area contributed by atoms with Crippen LogP contribution >= 0.6 is 15.9 Å². The van der Waals surface area contributed by atoms with Crippen molar-refractivity contribution in [3.05, 3.63) is 34.1 Å². The Morgan fingerprint density at radius 2 is 1.71 bits per heavy atom. The van der Waals surface area contributed by atoms with Crippen molar-refractivity contribution >= 4 is 15.9 Å². The molecule has 1 unspecified atom stereocenters. The summed E-state index contributed by atoms with van der Waals surface area (Å²) in [4.78, 5) is 0. The molecule has 0 saturated heterocycles. The molecule has 0 aliphatic heterocycles. The second-order valence-electron chi connectivity index (χ2n) is 7.52. The fraction of sp³-hybridized carbons (Fsp3) is 0.647. The molecule has 2 nitrogen and oxygen atoms in total. The Balaban J connectivity index is 1.74. The third-order valence-corrected chi connectivity index (χ3v) is 6.77. The van der Waals surface area contributed by atoms with Crippen molar-refractivity contribution in [1.29, 1.82) is 0 Å². The van der Waals surface area contributed by atoms with Crippen molar-refractivity contribution in [1.82, 2.24) is 5.43 Å². The Labute approximate surface area is 133 Å². The lowest BCUT2D eigenvalue weighted by Crippen LogP contribution is -2.53. The van der Waals surface area contributed by atoms with Crippen LogP contribution in [0.4, 0.5) is 4.39 Å². The van der Waals surface area contributed by atoms with Crippen molar-refractivity contribution in [3.63, 3.8) is 0 Å². The van der Waals surface area contributed by atoms with Crippen molar-refractivity contribution in [2.75, 3.05) is 0 Å². The van der Waals surface area contributed by atoms with Gasteiger partial charge in [0.15, 0.2) is 0 Å². The summed E-state index contributed by atoms with van der Waals surface area (Å²) in [5.74, 6) is 8.26. The molecule has 1 atom stereocenters. The highest BCUT2D eigenvalue weighted by Crippen LogP contribution is 2.64. The minimum Gasteiger partial charge on any atom is -0.271 e. The van der Waals surface area contributed by atoms with Gasteiger partial charge in [-0.15, -0.1) is 0 Å². The van der Waals surface area contributed by atoms with E-state index in [9.17, 15) is 4.39 Å². The number of benzene rings is 1. The zero-order valence-electron chi connectivity index (χ0n) is 12.1. The van der Waals surface area contributed by atoms with E-state index in [-0.39, 0.29) is 17.3 Å². The molecule has 0 spiro atoms. The van der Waals surface area contributed by atoms with E-state index in [1.165, 1.54) is 38.5 Å². The lowest BCUT2D eigenvalue weighted by molar-refractivity contribution is -0.0755. The first-order valence-corrected chi connectivity index (χ1v) is 8.80. The highest BCUT2D eigenvalue weighted by atomic mass is 79.9. The minimum atomic E-state index is -0.156. The van der Waals surface area contributed by atoms with Gasteiger partial charge in [-0.1, -0.05) is 12.1 Å². The van der Waals surface area contributed by atoms with E-state index < -0.39 is 0 Å². The third-order valence-electron chi connectivity index (χ3n) is 6.16. The first-order chi connectivity index (χ1) is 10.1. The van der Waals surface area contributed by atoms with Gasteiger partial charge in [0, 0.05) is 5.56 Å². The van der Waals surface area contributed by atoms with Crippen molar-refractivity contribution in [2.24, 2.45) is 29.0 Å². The van der Waals surface area contributed by atoms with E-state index in [1.807, 2.05) is 12.1 Å². The molecule has 0 heterocycles. The maximum atomic E-state index is 14.6. The number of hydrogen-bond donors (Lipinski definition) is 2. The van der Waals surface area contributed by atoms with E-state index in [2.05, 4.69) is 21.4 Å². The maximum absolute atomic E-state index is 14.6. The summed E-state index contributed by atoms with van der Waals surface area (Å²) in [6.07, 6.45) is 7.78. The van der Waals surface area contributed by atoms with Crippen LogP contribution in [0, 0.1) is 29.0 Å². The summed E-state index contributed by atoms with van der Waals surface area (Å²) in [5, 5.41) is 0. The average molecular weight is 353 g/mol. The first kappa shape index (κ1) is 14.2. The van der Waals surface area contributed by atoms with E-state index >= 15 is 0 Å². The number of hydrazine groups is 1. The van der Waals surface area contributed by atoms with Gasteiger partial charge in [-0.05, 0) is 83.7 Å². The van der Waals surface area contributed by atoms with Gasteiger partial charge < -0.3 is 0 Å². The molecule has 0 aromatic heterocycles. The minimum absolute atomic E-state index is 0.0663. The van der Waals surface area contributed by atoms with Gasteiger partial charge in [0.25, 0.3) is 0 Å². The first-order valence-electron chi connectivity index (χ1n) is 8.01. The zero-order chi connectivity index (χ0) is 14.6. The van der Waals surface area contributed by atoms with E-state index in [4.69, 9.17) is 5.84 Å². The molecule has 0 amide bonds. The second-order valence-corrected chi connectivity index (χ2v) is 8.38. The largest absolute Gasteiger partial charge is 0.271 e. The fourth-order valence-electron chi connectivity index (χ4n) is 5.87. The van der Waals surface area contributed by atoms with Crippen LogP contribution in [0.1, 0.15) is 50.1 Å². The Bertz CT molecular complexity index is 524. The number of hydrogen-bond acceptors (Lipinski definition) is 2. The molecule has 4 heteroatoms. The molecule has 1 aromatic rings. The summed E-state index contributed by atoms with van der Waals surface area (Å²) >= 11 is 3.31. The lowest BCUT2D eigenvalue weighted by atomic mass is 9.47. The number of rotatable bonds is 3. The van der Waals surface area contributed by atoms with Crippen LogP contribution in [0.2, 0.25) is 0 Å². The predicted molar refractivity (Wildman–Crippen MR) is 84.8 cm³/mol. The molecule has 1 aromatic carbocycles. The third kappa shape index (κ3) is 2.18. The van der Waals surface area contributed by atoms with Crippen LogP contribution in [-0.2, 0) is 0 Å². The Hall–Kier alpha value is -0.450. The Kier molecular flexibility index (Phi) is 3.40. The van der Waals surface area contributed by atoms with Gasteiger partial charge >= 0.3 is 0 Å². The topological polar surface area (TPSA) is 38.0 Å². The van der Waals surface area contributed by atoms with Gasteiger partial charge in [0.1, 0.15) is 5.82 Å². The second kappa shape index (κ2) is 5.04. The van der Waals surface area contributed by atoms with Crippen molar-refractivity contribution in [2.45, 2.75) is 44.6 Å². The summed E-state index contributed by atoms with van der Waals surface area (Å²) in [6.45, 7) is 0. The van der Waals surface area contributed by atoms with Gasteiger partial charge in [-0.2, -0.15) is 0 Å². The van der Waals surface area contributed by atoms with Gasteiger partial charge in [-0.3, -0.25) is 11.3 Å². The van der Waals surface area contributed by atoms with Crippen molar-refractivity contribution in [3.8, 4) is 0 Å². The smallest absolute Gasteiger partial charge is 0.142 e. The van der Waals surface area contributed by atoms with Crippen LogP contribution in [0.25, 0.3) is 0 Å². The normalized spacial score (nSPS) is 38.7. The standard InChI is InChI=1S/C17H22BrFN2/c18-14-3-1-2-13(15(14)19)16(21-20)17-7-10-4-11(8-17)6-12(5-10)9-17/h1-3,10-12,16,21H,4-9,20H2. The average Bonchev–Trinajstić information content (AvgIpc) is 2.42. The Morgan fingerprint density at radius 1 is 1.14 bits per heavy atom. The zero-order valence-corrected chi connectivity index (χ0v) is 13.7. The highest BCUT2D eigenvalue weighted by molar-refractivity contribution is 9.10. The van der Waals surface area contributed by atoms with Crippen LogP contribution in [0.15, 0.2) is 22.7 Å². The molecule has 4 bridgehead atoms. The maximum Gasteiger partial charge on any atom is 0.142 e. The van der Waals surface area contributed by atoms with E-state index in [1.54, 1.807) is 6.07 Å². The summed E-state index contributed by atoms with van der Waals surface area (Å²) in [6, 6.07) is 5.49. The monoisotopic (exact) mass is 352 g/mol. The molecule has 4 saturated carbocycles. The van der Waals surface area contributed by atoms with Crippen LogP contribution < -0.4 is 11.3 Å². The van der Waals surface area contributed by atoms with Crippen LogP contribution in [-0.4, -0.2) is 0 Å². The van der Waals surface area contributed by atoms with Gasteiger partial charge in [-0.25, -0.2) is 4.39 Å². The van der Waals surface area contributed by atoms with Crippen molar-refractivity contribution < 1.29 is 4.39 Å². The molecule has 4 aliphatic carbocycles. The van der Waals surface area contributed by atoms with Crippen LogP contribution in [0.3, 0.4) is 0 Å².